The smallest absolute Gasteiger partial charge is 0.198 e. The lowest BCUT2D eigenvalue weighted by molar-refractivity contribution is -0.438. The number of hydrogen-bond acceptors (Lipinski definition) is 6. The Bertz CT molecular complexity index is 761. The first-order valence-corrected chi connectivity index (χ1v) is 14.9. The van der Waals surface area contributed by atoms with Gasteiger partial charge in [0.2, 0.25) is 0 Å². The standard InChI is InChI=1S/C27H46NO5P/c1-16-7-12-27(28-15-16)17(2)24-23(30-27)14-22-20-6-5-18-13-19(31-34-33-32-29)8-10-25(18,3)21(20)9-11-26(22,24)4/h16-24,28-29,34H,5-15H2,1-4H3/t16-,17?,18?,19-,20+,21?,22?,23?,24?,25-,26-,27-/m0/s1. The quantitative estimate of drug-likeness (QED) is 0.206. The van der Waals surface area contributed by atoms with Crippen LogP contribution < -0.4 is 5.32 Å². The maximum absolute atomic E-state index is 8.40. The minimum absolute atomic E-state index is 0.0554. The van der Waals surface area contributed by atoms with E-state index in [1.165, 1.54) is 51.4 Å². The predicted molar refractivity (Wildman–Crippen MR) is 132 cm³/mol. The first kappa shape index (κ1) is 24.5. The molecule has 6 nitrogen and oxygen atoms in total. The summed E-state index contributed by atoms with van der Waals surface area (Å²) < 4.78 is 17.5. The molecule has 0 aromatic heterocycles. The normalized spacial score (nSPS) is 56.9. The minimum Gasteiger partial charge on any atom is -0.357 e. The largest absolute Gasteiger partial charge is 0.357 e. The summed E-state index contributed by atoms with van der Waals surface area (Å²) in [5, 5.41) is 16.0. The Morgan fingerprint density at radius 1 is 0.941 bits per heavy atom. The summed E-state index contributed by atoms with van der Waals surface area (Å²) in [5.74, 6) is 5.37. The Balaban J connectivity index is 1.17. The van der Waals surface area contributed by atoms with Crippen LogP contribution in [-0.2, 0) is 19.0 Å². The van der Waals surface area contributed by atoms with Gasteiger partial charge in [-0.2, -0.15) is 4.67 Å². The molecule has 6 rings (SSSR count). The van der Waals surface area contributed by atoms with Gasteiger partial charge < -0.3 is 9.26 Å². The number of hydrogen-bond donors (Lipinski definition) is 2. The predicted octanol–water partition coefficient (Wildman–Crippen LogP) is 6.32. The van der Waals surface area contributed by atoms with Crippen LogP contribution in [0.1, 0.15) is 91.9 Å². The molecule has 0 aromatic carbocycles. The van der Waals surface area contributed by atoms with Crippen molar-refractivity contribution < 1.29 is 24.2 Å². The van der Waals surface area contributed by atoms with Gasteiger partial charge in [0.25, 0.3) is 0 Å². The second kappa shape index (κ2) is 8.89. The van der Waals surface area contributed by atoms with E-state index in [4.69, 9.17) is 14.5 Å². The lowest BCUT2D eigenvalue weighted by atomic mass is 9.44. The molecule has 194 valence electrons. The van der Waals surface area contributed by atoms with E-state index in [1.54, 1.807) is 0 Å². The van der Waals surface area contributed by atoms with E-state index in [-0.39, 0.29) is 20.9 Å². The summed E-state index contributed by atoms with van der Waals surface area (Å²) in [7, 11) is -0.244. The molecule has 7 unspecified atom stereocenters. The summed E-state index contributed by atoms with van der Waals surface area (Å²) in [6, 6.07) is 0. The van der Waals surface area contributed by atoms with Crippen LogP contribution in [0.4, 0.5) is 0 Å². The van der Waals surface area contributed by atoms with Gasteiger partial charge in [0.1, 0.15) is 5.72 Å². The monoisotopic (exact) mass is 495 g/mol. The van der Waals surface area contributed by atoms with Gasteiger partial charge in [0, 0.05) is 12.5 Å². The SMILES string of the molecule is CC1C2C(CC3[C@@H]4CCC5C[C@@H](OPOOO)CC[C@]5(C)C4CC[C@]23C)O[C@@]12CC[C@H](C)CN2. The second-order valence-corrected chi connectivity index (χ2v) is 14.1. The molecule has 0 bridgehead atoms. The molecule has 2 heterocycles. The zero-order valence-corrected chi connectivity index (χ0v) is 22.6. The molecular formula is C27H46NO5P. The summed E-state index contributed by atoms with van der Waals surface area (Å²) in [6.45, 7) is 11.3. The van der Waals surface area contributed by atoms with Crippen LogP contribution in [0.2, 0.25) is 0 Å². The van der Waals surface area contributed by atoms with E-state index in [0.717, 1.165) is 49.0 Å². The van der Waals surface area contributed by atoms with Crippen LogP contribution >= 0.6 is 9.03 Å². The first-order valence-electron chi connectivity index (χ1n) is 14.1. The first-order chi connectivity index (χ1) is 16.3. The average molecular weight is 496 g/mol. The molecular weight excluding hydrogens is 449 g/mol. The molecule has 1 spiro atoms. The van der Waals surface area contributed by atoms with Crippen molar-refractivity contribution in [3.05, 3.63) is 0 Å². The Morgan fingerprint density at radius 2 is 1.76 bits per heavy atom. The number of rotatable bonds is 4. The molecule has 0 radical (unpaired) electrons. The molecule has 2 N–H and O–H groups in total. The van der Waals surface area contributed by atoms with Crippen LogP contribution in [0.15, 0.2) is 0 Å². The fraction of sp³-hybridized carbons (Fsp3) is 1.00. The zero-order valence-electron chi connectivity index (χ0n) is 21.6. The van der Waals surface area contributed by atoms with Gasteiger partial charge in [-0.3, -0.25) is 5.32 Å². The average Bonchev–Trinajstić information content (AvgIpc) is 3.26. The van der Waals surface area contributed by atoms with Crippen molar-refractivity contribution in [1.82, 2.24) is 5.32 Å². The molecule has 6 aliphatic rings. The van der Waals surface area contributed by atoms with Gasteiger partial charge in [-0.05, 0) is 111 Å². The van der Waals surface area contributed by atoms with Gasteiger partial charge in [-0.1, -0.05) is 32.7 Å². The molecule has 2 aliphatic heterocycles. The second-order valence-electron chi connectivity index (χ2n) is 13.6. The van der Waals surface area contributed by atoms with Crippen molar-refractivity contribution in [3.8, 4) is 0 Å². The van der Waals surface area contributed by atoms with Crippen molar-refractivity contribution >= 4 is 9.03 Å². The van der Waals surface area contributed by atoms with Crippen molar-refractivity contribution in [2.45, 2.75) is 110 Å². The molecule has 0 amide bonds. The molecule has 0 aromatic rings. The van der Waals surface area contributed by atoms with E-state index in [1.807, 2.05) is 0 Å². The van der Waals surface area contributed by atoms with E-state index in [0.29, 0.717) is 28.8 Å². The third kappa shape index (κ3) is 3.61. The van der Waals surface area contributed by atoms with E-state index >= 15 is 0 Å². The van der Waals surface area contributed by atoms with Crippen LogP contribution in [-0.4, -0.2) is 29.7 Å². The fourth-order valence-electron chi connectivity index (χ4n) is 10.6. The van der Waals surface area contributed by atoms with Crippen LogP contribution in [0, 0.1) is 52.3 Å². The number of fused-ring (bicyclic) bond motifs is 7. The number of piperidine rings is 1. The lowest BCUT2D eigenvalue weighted by Gasteiger charge is -2.61. The summed E-state index contributed by atoms with van der Waals surface area (Å²) in [6.07, 6.45) is 13.4. The molecule has 4 aliphatic carbocycles. The van der Waals surface area contributed by atoms with Crippen molar-refractivity contribution in [3.63, 3.8) is 0 Å². The Kier molecular flexibility index (Phi) is 6.41. The molecule has 13 atom stereocenters. The highest BCUT2D eigenvalue weighted by Gasteiger charge is 2.68. The third-order valence-corrected chi connectivity index (χ3v) is 13.0. The van der Waals surface area contributed by atoms with Crippen molar-refractivity contribution in [1.29, 1.82) is 0 Å². The van der Waals surface area contributed by atoms with E-state index in [9.17, 15) is 0 Å². The molecule has 6 fully saturated rings. The highest BCUT2D eigenvalue weighted by Crippen LogP contribution is 2.71. The summed E-state index contributed by atoms with van der Waals surface area (Å²) in [4.78, 5) is 0. The third-order valence-electron chi connectivity index (χ3n) is 12.4. The van der Waals surface area contributed by atoms with Gasteiger partial charge >= 0.3 is 0 Å². The topological polar surface area (TPSA) is 69.2 Å². The number of nitrogens with one attached hydrogen (secondary N) is 1. The maximum atomic E-state index is 8.40. The maximum Gasteiger partial charge on any atom is 0.198 e. The van der Waals surface area contributed by atoms with Gasteiger partial charge in [-0.15, -0.1) is 0 Å². The van der Waals surface area contributed by atoms with Gasteiger partial charge in [0.05, 0.1) is 12.2 Å². The molecule has 4 saturated carbocycles. The molecule has 7 heteroatoms. The number of ether oxygens (including phenoxy) is 1. The Labute approximate surface area is 207 Å². The fourth-order valence-corrected chi connectivity index (χ4v) is 11.0. The highest BCUT2D eigenvalue weighted by atomic mass is 31.1. The van der Waals surface area contributed by atoms with Crippen molar-refractivity contribution in [2.75, 3.05) is 6.54 Å². The van der Waals surface area contributed by atoms with Crippen LogP contribution in [0.25, 0.3) is 0 Å². The van der Waals surface area contributed by atoms with Crippen LogP contribution in [0.5, 0.6) is 0 Å². The van der Waals surface area contributed by atoms with Crippen LogP contribution in [0.3, 0.4) is 0 Å². The van der Waals surface area contributed by atoms with E-state index < -0.39 is 0 Å². The minimum atomic E-state index is -0.244. The Morgan fingerprint density at radius 3 is 2.53 bits per heavy atom. The van der Waals surface area contributed by atoms with Gasteiger partial charge in [-0.25, -0.2) is 5.26 Å². The van der Waals surface area contributed by atoms with Gasteiger partial charge in [0.15, 0.2) is 9.03 Å². The summed E-state index contributed by atoms with van der Waals surface area (Å²) >= 11 is 0. The lowest BCUT2D eigenvalue weighted by Crippen LogP contribution is -2.57. The van der Waals surface area contributed by atoms with Crippen molar-refractivity contribution in [2.24, 2.45) is 52.3 Å². The molecule has 2 saturated heterocycles. The zero-order chi connectivity index (χ0) is 23.7. The van der Waals surface area contributed by atoms with E-state index in [2.05, 4.69) is 42.7 Å². The summed E-state index contributed by atoms with van der Waals surface area (Å²) in [5.41, 5.74) is 0.819. The Hall–Kier alpha value is 0.190. The molecule has 34 heavy (non-hydrogen) atoms. The highest BCUT2D eigenvalue weighted by molar-refractivity contribution is 7.26.